The minimum Gasteiger partial charge on any atom is -0.395 e. The van der Waals surface area contributed by atoms with Gasteiger partial charge in [0.1, 0.15) is 0 Å². The molecule has 12 heavy (non-hydrogen) atoms. The van der Waals surface area contributed by atoms with Gasteiger partial charge in [0, 0.05) is 12.1 Å². The van der Waals surface area contributed by atoms with E-state index >= 15 is 0 Å². The smallest absolute Gasteiger partial charge is 0.0741 e. The van der Waals surface area contributed by atoms with Gasteiger partial charge in [-0.2, -0.15) is 0 Å². The fourth-order valence-electron chi connectivity index (χ4n) is 0.857. The van der Waals surface area contributed by atoms with Crippen LogP contribution in [-0.4, -0.2) is 34.5 Å². The van der Waals surface area contributed by atoms with Crippen LogP contribution in [0.15, 0.2) is 0 Å². The zero-order chi connectivity index (χ0) is 9.78. The molecule has 0 heterocycles. The Morgan fingerprint density at radius 3 is 2.17 bits per heavy atom. The summed E-state index contributed by atoms with van der Waals surface area (Å²) < 4.78 is 0. The van der Waals surface area contributed by atoms with Gasteiger partial charge >= 0.3 is 0 Å². The first-order valence-electron chi connectivity index (χ1n) is 4.51. The summed E-state index contributed by atoms with van der Waals surface area (Å²) >= 11 is 0. The molecule has 0 aliphatic rings. The molecular weight excluding hydrogens is 154 g/mol. The van der Waals surface area contributed by atoms with E-state index in [1.165, 1.54) is 0 Å². The van der Waals surface area contributed by atoms with Gasteiger partial charge < -0.3 is 15.5 Å². The maximum absolute atomic E-state index is 9.58. The van der Waals surface area contributed by atoms with E-state index in [-0.39, 0.29) is 18.7 Å². The lowest BCUT2D eigenvalue weighted by atomic mass is 9.99. The molecule has 0 aliphatic heterocycles. The predicted octanol–water partition coefficient (Wildman–Crippen LogP) is 0.506. The van der Waals surface area contributed by atoms with Gasteiger partial charge in [0.15, 0.2) is 0 Å². The second-order valence-electron chi connectivity index (χ2n) is 3.83. The quantitative estimate of drug-likeness (QED) is 0.570. The minimum absolute atomic E-state index is 0.00500. The summed E-state index contributed by atoms with van der Waals surface area (Å²) in [6.07, 6.45) is 0.872. The highest BCUT2D eigenvalue weighted by molar-refractivity contribution is 4.82. The molecule has 0 aromatic rings. The van der Waals surface area contributed by atoms with Crippen molar-refractivity contribution in [2.45, 2.75) is 51.8 Å². The molecule has 0 saturated heterocycles. The van der Waals surface area contributed by atoms with Crippen LogP contribution in [0.4, 0.5) is 0 Å². The molecule has 0 fully saturated rings. The zero-order valence-corrected chi connectivity index (χ0v) is 8.46. The van der Waals surface area contributed by atoms with Gasteiger partial charge in [-0.3, -0.25) is 0 Å². The number of aliphatic hydroxyl groups is 2. The molecule has 2 atom stereocenters. The Hall–Kier alpha value is -0.120. The van der Waals surface area contributed by atoms with Crippen LogP contribution in [0, 0.1) is 0 Å². The molecule has 0 aromatic carbocycles. The van der Waals surface area contributed by atoms with Gasteiger partial charge in [0.05, 0.1) is 12.2 Å². The standard InChI is InChI=1S/C9H21NO2/c1-5-8(6-11)10-7(2)9(3,4)12/h7-8,10-12H,5-6H2,1-4H3/t7?,8-/m0/s1. The Morgan fingerprint density at radius 2 is 1.92 bits per heavy atom. The maximum Gasteiger partial charge on any atom is 0.0741 e. The average Bonchev–Trinajstić information content (AvgIpc) is 1.97. The Bertz CT molecular complexity index is 116. The van der Waals surface area contributed by atoms with E-state index in [1.807, 2.05) is 13.8 Å². The fraction of sp³-hybridized carbons (Fsp3) is 1.00. The Kier molecular flexibility index (Phi) is 4.75. The lowest BCUT2D eigenvalue weighted by Crippen LogP contribution is -2.49. The lowest BCUT2D eigenvalue weighted by molar-refractivity contribution is 0.0359. The molecule has 0 aliphatic carbocycles. The van der Waals surface area contributed by atoms with Gasteiger partial charge in [0.2, 0.25) is 0 Å². The molecule has 0 aromatic heterocycles. The monoisotopic (exact) mass is 175 g/mol. The van der Waals surface area contributed by atoms with E-state index in [9.17, 15) is 5.11 Å². The summed E-state index contributed by atoms with van der Waals surface area (Å²) in [5.74, 6) is 0. The maximum atomic E-state index is 9.58. The summed E-state index contributed by atoms with van der Waals surface area (Å²) in [7, 11) is 0. The van der Waals surface area contributed by atoms with E-state index < -0.39 is 5.60 Å². The number of hydrogen-bond donors (Lipinski definition) is 3. The first-order chi connectivity index (χ1) is 5.41. The Labute approximate surface area is 74.8 Å². The van der Waals surface area contributed by atoms with Crippen molar-refractivity contribution in [2.24, 2.45) is 0 Å². The van der Waals surface area contributed by atoms with Crippen molar-refractivity contribution in [1.29, 1.82) is 0 Å². The zero-order valence-electron chi connectivity index (χ0n) is 8.46. The molecule has 0 saturated carbocycles. The van der Waals surface area contributed by atoms with Gasteiger partial charge in [-0.1, -0.05) is 6.92 Å². The molecule has 0 radical (unpaired) electrons. The summed E-state index contributed by atoms with van der Waals surface area (Å²) in [4.78, 5) is 0. The number of rotatable bonds is 5. The molecule has 1 unspecified atom stereocenters. The molecule has 3 N–H and O–H groups in total. The van der Waals surface area contributed by atoms with Crippen molar-refractivity contribution in [2.75, 3.05) is 6.61 Å². The van der Waals surface area contributed by atoms with Crippen LogP contribution in [-0.2, 0) is 0 Å². The van der Waals surface area contributed by atoms with E-state index in [2.05, 4.69) is 5.32 Å². The molecule has 0 bridgehead atoms. The predicted molar refractivity (Wildman–Crippen MR) is 50.1 cm³/mol. The van der Waals surface area contributed by atoms with Gasteiger partial charge in [0.25, 0.3) is 0 Å². The highest BCUT2D eigenvalue weighted by Gasteiger charge is 2.23. The third kappa shape index (κ3) is 4.04. The second kappa shape index (κ2) is 4.80. The van der Waals surface area contributed by atoms with E-state index in [1.54, 1.807) is 13.8 Å². The van der Waals surface area contributed by atoms with Crippen LogP contribution in [0.3, 0.4) is 0 Å². The lowest BCUT2D eigenvalue weighted by Gasteiger charge is -2.30. The average molecular weight is 175 g/mol. The van der Waals surface area contributed by atoms with Crippen molar-refractivity contribution in [3.8, 4) is 0 Å². The van der Waals surface area contributed by atoms with Crippen LogP contribution >= 0.6 is 0 Å². The summed E-state index contributed by atoms with van der Waals surface area (Å²) in [5, 5.41) is 21.6. The van der Waals surface area contributed by atoms with Crippen LogP contribution in [0.25, 0.3) is 0 Å². The SMILES string of the molecule is CC[C@@H](CO)NC(C)C(C)(C)O. The van der Waals surface area contributed by atoms with E-state index in [4.69, 9.17) is 5.11 Å². The van der Waals surface area contributed by atoms with Gasteiger partial charge in [-0.05, 0) is 27.2 Å². The first kappa shape index (κ1) is 11.9. The normalized spacial score (nSPS) is 17.5. The summed E-state index contributed by atoms with van der Waals surface area (Å²) in [5.41, 5.74) is -0.734. The van der Waals surface area contributed by atoms with Crippen molar-refractivity contribution in [1.82, 2.24) is 5.32 Å². The molecular formula is C9H21NO2. The van der Waals surface area contributed by atoms with Gasteiger partial charge in [-0.25, -0.2) is 0 Å². The number of nitrogens with one attached hydrogen (secondary N) is 1. The van der Waals surface area contributed by atoms with E-state index in [0.717, 1.165) is 6.42 Å². The minimum atomic E-state index is -0.734. The summed E-state index contributed by atoms with van der Waals surface area (Å²) in [6, 6.07) is 0.0843. The fourth-order valence-corrected chi connectivity index (χ4v) is 0.857. The largest absolute Gasteiger partial charge is 0.395 e. The van der Waals surface area contributed by atoms with Crippen molar-refractivity contribution in [3.05, 3.63) is 0 Å². The molecule has 0 spiro atoms. The van der Waals surface area contributed by atoms with Crippen molar-refractivity contribution >= 4 is 0 Å². The summed E-state index contributed by atoms with van der Waals surface area (Å²) in [6.45, 7) is 7.56. The molecule has 0 rings (SSSR count). The van der Waals surface area contributed by atoms with Crippen molar-refractivity contribution < 1.29 is 10.2 Å². The Balaban J connectivity index is 3.90. The molecule has 0 amide bonds. The van der Waals surface area contributed by atoms with Crippen LogP contribution < -0.4 is 5.32 Å². The molecule has 74 valence electrons. The molecule has 3 nitrogen and oxygen atoms in total. The highest BCUT2D eigenvalue weighted by Crippen LogP contribution is 2.08. The topological polar surface area (TPSA) is 52.5 Å². The first-order valence-corrected chi connectivity index (χ1v) is 4.51. The van der Waals surface area contributed by atoms with Crippen LogP contribution in [0.1, 0.15) is 34.1 Å². The van der Waals surface area contributed by atoms with E-state index in [0.29, 0.717) is 0 Å². The molecule has 3 heteroatoms. The van der Waals surface area contributed by atoms with Crippen LogP contribution in [0.2, 0.25) is 0 Å². The third-order valence-corrected chi connectivity index (χ3v) is 2.26. The highest BCUT2D eigenvalue weighted by atomic mass is 16.3. The number of hydrogen-bond acceptors (Lipinski definition) is 3. The van der Waals surface area contributed by atoms with Crippen molar-refractivity contribution in [3.63, 3.8) is 0 Å². The third-order valence-electron chi connectivity index (χ3n) is 2.26. The number of aliphatic hydroxyl groups excluding tert-OH is 1. The van der Waals surface area contributed by atoms with Crippen LogP contribution in [0.5, 0.6) is 0 Å². The Morgan fingerprint density at radius 1 is 1.42 bits per heavy atom. The van der Waals surface area contributed by atoms with Gasteiger partial charge in [-0.15, -0.1) is 0 Å². The second-order valence-corrected chi connectivity index (χ2v) is 3.83.